The highest BCUT2D eigenvalue weighted by Crippen LogP contribution is 2.30. The number of hydrogen-bond donors (Lipinski definition) is 1. The van der Waals surface area contributed by atoms with Crippen molar-refractivity contribution < 1.29 is 9.47 Å². The van der Waals surface area contributed by atoms with Gasteiger partial charge in [0.05, 0.1) is 19.3 Å². The highest BCUT2D eigenvalue weighted by Gasteiger charge is 2.14. The van der Waals surface area contributed by atoms with E-state index in [1.807, 2.05) is 50.2 Å². The van der Waals surface area contributed by atoms with Crippen LogP contribution in [0.5, 0.6) is 11.5 Å². The number of benzene rings is 2. The average molecular weight is 285 g/mol. The third-order valence-electron chi connectivity index (χ3n) is 3.33. The Balaban J connectivity index is 2.27. The van der Waals surface area contributed by atoms with Gasteiger partial charge in [-0.15, -0.1) is 0 Å². The van der Waals surface area contributed by atoms with Crippen LogP contribution in [-0.2, 0) is 0 Å². The molecule has 0 amide bonds. The van der Waals surface area contributed by atoms with Gasteiger partial charge in [-0.05, 0) is 44.5 Å². The van der Waals surface area contributed by atoms with Gasteiger partial charge in [-0.25, -0.2) is 0 Å². The van der Waals surface area contributed by atoms with E-state index in [4.69, 9.17) is 15.2 Å². The number of nitrogens with two attached hydrogens (primary N) is 1. The number of methoxy groups -OCH3 is 1. The van der Waals surface area contributed by atoms with E-state index < -0.39 is 0 Å². The average Bonchev–Trinajstić information content (AvgIpc) is 2.46. The maximum atomic E-state index is 6.39. The van der Waals surface area contributed by atoms with Crippen LogP contribution in [0.15, 0.2) is 42.5 Å². The molecule has 0 aromatic heterocycles. The Kier molecular flexibility index (Phi) is 4.86. The number of aryl methyl sites for hydroxylation is 1. The summed E-state index contributed by atoms with van der Waals surface area (Å²) in [6.45, 7) is 6.07. The van der Waals surface area contributed by atoms with Gasteiger partial charge in [-0.3, -0.25) is 0 Å². The number of ether oxygens (including phenoxy) is 2. The van der Waals surface area contributed by atoms with Crippen molar-refractivity contribution in [2.24, 2.45) is 5.73 Å². The molecule has 0 heterocycles. The van der Waals surface area contributed by atoms with E-state index in [0.29, 0.717) is 0 Å². The molecule has 3 nitrogen and oxygen atoms in total. The molecule has 2 rings (SSSR count). The predicted molar refractivity (Wildman–Crippen MR) is 86.0 cm³/mol. The van der Waals surface area contributed by atoms with Crippen LogP contribution in [0.1, 0.15) is 36.6 Å². The molecule has 2 aromatic carbocycles. The quantitative estimate of drug-likeness (QED) is 0.907. The summed E-state index contributed by atoms with van der Waals surface area (Å²) in [6.07, 6.45) is 0.168. The summed E-state index contributed by atoms with van der Waals surface area (Å²) in [4.78, 5) is 0. The zero-order chi connectivity index (χ0) is 15.4. The molecular formula is C18H23NO2. The summed E-state index contributed by atoms with van der Waals surface area (Å²) in [5.74, 6) is 1.67. The van der Waals surface area contributed by atoms with Crippen LogP contribution in [0.3, 0.4) is 0 Å². The smallest absolute Gasteiger partial charge is 0.123 e. The molecule has 2 aromatic rings. The van der Waals surface area contributed by atoms with Gasteiger partial charge in [0.1, 0.15) is 11.5 Å². The fraction of sp³-hybridized carbons (Fsp3) is 0.333. The van der Waals surface area contributed by atoms with Crippen molar-refractivity contribution in [2.75, 3.05) is 7.11 Å². The van der Waals surface area contributed by atoms with Crippen molar-refractivity contribution in [3.8, 4) is 11.5 Å². The fourth-order valence-corrected chi connectivity index (χ4v) is 2.30. The van der Waals surface area contributed by atoms with Gasteiger partial charge in [0, 0.05) is 5.56 Å². The topological polar surface area (TPSA) is 44.5 Å². The monoisotopic (exact) mass is 285 g/mol. The molecule has 0 aliphatic heterocycles. The summed E-state index contributed by atoms with van der Waals surface area (Å²) in [6, 6.07) is 13.8. The molecule has 0 aliphatic carbocycles. The minimum absolute atomic E-state index is 0.168. The summed E-state index contributed by atoms with van der Waals surface area (Å²) < 4.78 is 11.1. The molecule has 0 radical (unpaired) electrons. The zero-order valence-electron chi connectivity index (χ0n) is 13.1. The Morgan fingerprint density at radius 3 is 2.24 bits per heavy atom. The molecule has 0 saturated heterocycles. The van der Waals surface area contributed by atoms with Gasteiger partial charge >= 0.3 is 0 Å². The van der Waals surface area contributed by atoms with Gasteiger partial charge < -0.3 is 15.2 Å². The van der Waals surface area contributed by atoms with E-state index in [9.17, 15) is 0 Å². The minimum atomic E-state index is -0.215. The van der Waals surface area contributed by atoms with Gasteiger partial charge in [-0.1, -0.05) is 29.8 Å². The molecule has 0 aliphatic rings. The first kappa shape index (κ1) is 15.4. The SMILES string of the molecule is COc1ccc(C)cc1C(N)c1ccc(OC(C)C)cc1. The zero-order valence-corrected chi connectivity index (χ0v) is 13.1. The highest BCUT2D eigenvalue weighted by atomic mass is 16.5. The molecule has 1 unspecified atom stereocenters. The van der Waals surface area contributed by atoms with Crippen molar-refractivity contribution in [3.63, 3.8) is 0 Å². The van der Waals surface area contributed by atoms with Crippen molar-refractivity contribution in [3.05, 3.63) is 59.2 Å². The first-order chi connectivity index (χ1) is 10.0. The second-order valence-electron chi connectivity index (χ2n) is 5.46. The third kappa shape index (κ3) is 3.76. The van der Waals surface area contributed by atoms with E-state index in [1.54, 1.807) is 7.11 Å². The van der Waals surface area contributed by atoms with Crippen LogP contribution >= 0.6 is 0 Å². The highest BCUT2D eigenvalue weighted by molar-refractivity contribution is 5.44. The van der Waals surface area contributed by atoms with Crippen LogP contribution in [0, 0.1) is 6.92 Å². The number of rotatable bonds is 5. The van der Waals surface area contributed by atoms with Crippen LogP contribution in [0.2, 0.25) is 0 Å². The third-order valence-corrected chi connectivity index (χ3v) is 3.33. The molecule has 3 heteroatoms. The van der Waals surface area contributed by atoms with Gasteiger partial charge in [0.15, 0.2) is 0 Å². The Labute approximate surface area is 126 Å². The Morgan fingerprint density at radius 1 is 1.00 bits per heavy atom. The van der Waals surface area contributed by atoms with E-state index >= 15 is 0 Å². The molecule has 112 valence electrons. The van der Waals surface area contributed by atoms with Crippen molar-refractivity contribution in [2.45, 2.75) is 32.9 Å². The lowest BCUT2D eigenvalue weighted by Crippen LogP contribution is -2.13. The Bertz CT molecular complexity index is 591. The normalized spacial score (nSPS) is 12.3. The molecule has 0 saturated carbocycles. The van der Waals surface area contributed by atoms with Crippen molar-refractivity contribution >= 4 is 0 Å². The lowest BCUT2D eigenvalue weighted by atomic mass is 9.97. The molecular weight excluding hydrogens is 262 g/mol. The predicted octanol–water partition coefficient (Wildman–Crippen LogP) is 3.84. The number of hydrogen-bond acceptors (Lipinski definition) is 3. The summed E-state index contributed by atoms with van der Waals surface area (Å²) in [5, 5.41) is 0. The lowest BCUT2D eigenvalue weighted by Gasteiger charge is -2.17. The van der Waals surface area contributed by atoms with Gasteiger partial charge in [-0.2, -0.15) is 0 Å². The summed E-state index contributed by atoms with van der Waals surface area (Å²) in [7, 11) is 1.67. The van der Waals surface area contributed by atoms with E-state index in [0.717, 1.165) is 22.6 Å². The maximum absolute atomic E-state index is 6.39. The molecule has 1 atom stereocenters. The summed E-state index contributed by atoms with van der Waals surface area (Å²) in [5.41, 5.74) is 9.59. The van der Waals surface area contributed by atoms with E-state index in [1.165, 1.54) is 5.56 Å². The van der Waals surface area contributed by atoms with Crippen molar-refractivity contribution in [1.82, 2.24) is 0 Å². The van der Waals surface area contributed by atoms with Crippen molar-refractivity contribution in [1.29, 1.82) is 0 Å². The van der Waals surface area contributed by atoms with Crippen LogP contribution < -0.4 is 15.2 Å². The van der Waals surface area contributed by atoms with E-state index in [2.05, 4.69) is 13.0 Å². The summed E-state index contributed by atoms with van der Waals surface area (Å²) >= 11 is 0. The first-order valence-corrected chi connectivity index (χ1v) is 7.18. The standard InChI is InChI=1S/C18H23NO2/c1-12(2)21-15-8-6-14(7-9-15)18(19)16-11-13(3)5-10-17(16)20-4/h5-12,18H,19H2,1-4H3. The van der Waals surface area contributed by atoms with Crippen LogP contribution in [0.25, 0.3) is 0 Å². The second kappa shape index (κ2) is 6.64. The Morgan fingerprint density at radius 2 is 1.67 bits per heavy atom. The van der Waals surface area contributed by atoms with Gasteiger partial charge in [0.25, 0.3) is 0 Å². The largest absolute Gasteiger partial charge is 0.496 e. The van der Waals surface area contributed by atoms with Crippen LogP contribution in [-0.4, -0.2) is 13.2 Å². The maximum Gasteiger partial charge on any atom is 0.123 e. The van der Waals surface area contributed by atoms with Crippen LogP contribution in [0.4, 0.5) is 0 Å². The molecule has 0 bridgehead atoms. The van der Waals surface area contributed by atoms with E-state index in [-0.39, 0.29) is 12.1 Å². The molecule has 0 fully saturated rings. The molecule has 2 N–H and O–H groups in total. The Hall–Kier alpha value is -2.00. The first-order valence-electron chi connectivity index (χ1n) is 7.18. The van der Waals surface area contributed by atoms with Gasteiger partial charge in [0.2, 0.25) is 0 Å². The molecule has 21 heavy (non-hydrogen) atoms. The fourth-order valence-electron chi connectivity index (χ4n) is 2.30. The second-order valence-corrected chi connectivity index (χ2v) is 5.46. The molecule has 0 spiro atoms. The lowest BCUT2D eigenvalue weighted by molar-refractivity contribution is 0.242. The minimum Gasteiger partial charge on any atom is -0.496 e.